The van der Waals surface area contributed by atoms with Gasteiger partial charge < -0.3 is 19.3 Å². The highest BCUT2D eigenvalue weighted by Gasteiger charge is 2.11. The van der Waals surface area contributed by atoms with Crippen molar-refractivity contribution in [3.8, 4) is 0 Å². The van der Waals surface area contributed by atoms with Crippen molar-refractivity contribution >= 4 is 28.7 Å². The predicted molar refractivity (Wildman–Crippen MR) is 64.2 cm³/mol. The minimum atomic E-state index is -0.788. The number of halogens is 1. The number of thioether (sulfide) groups is 1. The van der Waals surface area contributed by atoms with E-state index in [1.165, 1.54) is 6.38 Å². The molecule has 1 aromatic rings. The van der Waals surface area contributed by atoms with Crippen molar-refractivity contribution in [3.63, 3.8) is 0 Å². The molecule has 3 N–H and O–H groups in total. The lowest BCUT2D eigenvalue weighted by Crippen LogP contribution is -2.51. The Morgan fingerprint density at radius 2 is 2.12 bits per heavy atom. The zero-order valence-electron chi connectivity index (χ0n) is 9.66. The molecule has 0 unspecified atom stereocenters. The SMILES string of the molecule is CCl.Cc1oc(=O)oc1COC(=O)SCC[NH3+]. The number of alkyl halides is 1. The number of rotatable bonds is 4. The molecule has 0 saturated heterocycles. The third-order valence-corrected chi connectivity index (χ3v) is 2.37. The van der Waals surface area contributed by atoms with E-state index in [1.54, 1.807) is 6.92 Å². The Kier molecular flexibility index (Phi) is 8.65. The lowest BCUT2D eigenvalue weighted by Gasteiger charge is -1.99. The highest BCUT2D eigenvalue weighted by atomic mass is 35.5. The molecular weight excluding hydrogens is 270 g/mol. The fourth-order valence-electron chi connectivity index (χ4n) is 0.828. The second-order valence-electron chi connectivity index (χ2n) is 2.67. The van der Waals surface area contributed by atoms with Gasteiger partial charge in [0.15, 0.2) is 18.1 Å². The maximum Gasteiger partial charge on any atom is 0.519 e. The first-order chi connectivity index (χ1) is 8.13. The highest BCUT2D eigenvalue weighted by molar-refractivity contribution is 8.13. The van der Waals surface area contributed by atoms with Crippen LogP contribution >= 0.6 is 23.4 Å². The minimum Gasteiger partial charge on any atom is -0.449 e. The molecule has 1 heterocycles. The highest BCUT2D eigenvalue weighted by Crippen LogP contribution is 2.10. The first-order valence-corrected chi connectivity index (χ1v) is 6.43. The van der Waals surface area contributed by atoms with Crippen molar-refractivity contribution in [2.24, 2.45) is 0 Å². The van der Waals surface area contributed by atoms with E-state index >= 15 is 0 Å². The van der Waals surface area contributed by atoms with Crippen LogP contribution < -0.4 is 11.6 Å². The molecule has 0 spiro atoms. The molecule has 0 aliphatic heterocycles. The number of carbonyl (C=O) groups excluding carboxylic acids is 1. The zero-order chi connectivity index (χ0) is 13.3. The van der Waals surface area contributed by atoms with E-state index in [0.717, 1.165) is 11.8 Å². The van der Waals surface area contributed by atoms with Crippen molar-refractivity contribution in [2.45, 2.75) is 13.5 Å². The molecular formula is C9H15ClNO5S+. The van der Waals surface area contributed by atoms with E-state index in [-0.39, 0.29) is 12.4 Å². The fraction of sp³-hybridized carbons (Fsp3) is 0.556. The first-order valence-electron chi connectivity index (χ1n) is 4.69. The second-order valence-corrected chi connectivity index (χ2v) is 3.70. The standard InChI is InChI=1S/C8H11NO5S.CH3Cl/c1-5-6(14-7(10)13-5)4-12-8(11)15-3-2-9;1-2/h2-4,9H2,1H3;1H3/p+1. The number of quaternary nitrogens is 1. The van der Waals surface area contributed by atoms with Gasteiger partial charge in [0.25, 0.3) is 0 Å². The molecule has 0 aliphatic carbocycles. The number of aryl methyl sites for hydroxylation is 1. The smallest absolute Gasteiger partial charge is 0.449 e. The Bertz CT molecular complexity index is 389. The Labute approximate surface area is 107 Å². The predicted octanol–water partition coefficient (Wildman–Crippen LogP) is 1.01. The molecule has 0 fully saturated rings. The van der Waals surface area contributed by atoms with Gasteiger partial charge in [0.05, 0.1) is 12.3 Å². The average molecular weight is 285 g/mol. The van der Waals surface area contributed by atoms with Gasteiger partial charge >= 0.3 is 11.1 Å². The third kappa shape index (κ3) is 6.40. The summed E-state index contributed by atoms with van der Waals surface area (Å²) >= 11 is 5.67. The lowest BCUT2D eigenvalue weighted by molar-refractivity contribution is -0.360. The summed E-state index contributed by atoms with van der Waals surface area (Å²) in [6, 6.07) is 0. The Balaban J connectivity index is 0.00000121. The van der Waals surface area contributed by atoms with Gasteiger partial charge in [-0.05, 0) is 18.7 Å². The Morgan fingerprint density at radius 1 is 1.47 bits per heavy atom. The molecule has 6 nitrogen and oxygen atoms in total. The lowest BCUT2D eigenvalue weighted by atomic mass is 10.4. The number of hydrogen-bond donors (Lipinski definition) is 1. The van der Waals surface area contributed by atoms with Crippen molar-refractivity contribution in [1.29, 1.82) is 0 Å². The van der Waals surface area contributed by atoms with Gasteiger partial charge in [-0.1, -0.05) is 0 Å². The molecule has 0 radical (unpaired) electrons. The zero-order valence-corrected chi connectivity index (χ0v) is 11.2. The maximum atomic E-state index is 11.1. The summed E-state index contributed by atoms with van der Waals surface area (Å²) in [7, 11) is 0. The molecule has 0 amide bonds. The molecule has 1 aromatic heterocycles. The molecule has 0 aliphatic rings. The maximum absolute atomic E-state index is 11.1. The third-order valence-electron chi connectivity index (χ3n) is 1.52. The largest absolute Gasteiger partial charge is 0.519 e. The van der Waals surface area contributed by atoms with Gasteiger partial charge in [0, 0.05) is 6.38 Å². The molecule has 0 bridgehead atoms. The van der Waals surface area contributed by atoms with Gasteiger partial charge in [-0.25, -0.2) is 9.59 Å². The quantitative estimate of drug-likeness (QED) is 0.654. The van der Waals surface area contributed by atoms with Crippen LogP contribution in [0.2, 0.25) is 0 Å². The van der Waals surface area contributed by atoms with E-state index in [4.69, 9.17) is 4.74 Å². The van der Waals surface area contributed by atoms with Gasteiger partial charge in [-0.3, -0.25) is 0 Å². The summed E-state index contributed by atoms with van der Waals surface area (Å²) < 4.78 is 14.1. The van der Waals surface area contributed by atoms with Crippen LogP contribution in [0.25, 0.3) is 0 Å². The topological polar surface area (TPSA) is 97.3 Å². The van der Waals surface area contributed by atoms with E-state index in [2.05, 4.69) is 26.2 Å². The molecule has 98 valence electrons. The van der Waals surface area contributed by atoms with E-state index in [9.17, 15) is 9.59 Å². The van der Waals surface area contributed by atoms with Crippen molar-refractivity contribution < 1.29 is 24.1 Å². The average Bonchev–Trinajstić information content (AvgIpc) is 2.65. The van der Waals surface area contributed by atoms with Crippen LogP contribution in [-0.4, -0.2) is 24.0 Å². The van der Waals surface area contributed by atoms with Crippen molar-refractivity contribution in [2.75, 3.05) is 18.7 Å². The molecule has 8 heteroatoms. The van der Waals surface area contributed by atoms with Crippen molar-refractivity contribution in [3.05, 3.63) is 22.1 Å². The van der Waals surface area contributed by atoms with Crippen LogP contribution in [0, 0.1) is 6.92 Å². The van der Waals surface area contributed by atoms with Gasteiger partial charge in [-0.2, -0.15) is 0 Å². The van der Waals surface area contributed by atoms with Crippen LogP contribution in [-0.2, 0) is 11.3 Å². The molecule has 0 saturated carbocycles. The van der Waals surface area contributed by atoms with Gasteiger partial charge in [0.2, 0.25) is 0 Å². The summed E-state index contributed by atoms with van der Waals surface area (Å²) in [5, 5.41) is -0.415. The van der Waals surface area contributed by atoms with Crippen LogP contribution in [0.1, 0.15) is 11.5 Å². The number of carbonyl (C=O) groups is 1. The van der Waals surface area contributed by atoms with E-state index < -0.39 is 11.1 Å². The minimum absolute atomic E-state index is 0.0828. The molecule has 0 atom stereocenters. The number of hydrogen-bond acceptors (Lipinski definition) is 6. The number of ether oxygens (including phenoxy) is 1. The molecule has 17 heavy (non-hydrogen) atoms. The summed E-state index contributed by atoms with van der Waals surface area (Å²) in [5.74, 6) is 0.384. The summed E-state index contributed by atoms with van der Waals surface area (Å²) in [6.07, 6.45) is 1.47. The normalized spacial score (nSPS) is 9.41. The van der Waals surface area contributed by atoms with Gasteiger partial charge in [0.1, 0.15) is 0 Å². The van der Waals surface area contributed by atoms with Crippen molar-refractivity contribution in [1.82, 2.24) is 0 Å². The van der Waals surface area contributed by atoms with Crippen LogP contribution in [0.4, 0.5) is 4.79 Å². The Morgan fingerprint density at radius 3 is 2.59 bits per heavy atom. The molecule has 0 aromatic carbocycles. The summed E-state index contributed by atoms with van der Waals surface area (Å²) in [5.41, 5.74) is 3.59. The van der Waals surface area contributed by atoms with Crippen LogP contribution in [0.3, 0.4) is 0 Å². The summed E-state index contributed by atoms with van der Waals surface area (Å²) in [4.78, 5) is 21.7. The second kappa shape index (κ2) is 9.15. The van der Waals surface area contributed by atoms with Gasteiger partial charge in [-0.15, -0.1) is 11.6 Å². The summed E-state index contributed by atoms with van der Waals surface area (Å²) in [6.45, 7) is 2.14. The fourth-order valence-corrected chi connectivity index (χ4v) is 1.28. The van der Waals surface area contributed by atoms with Crippen LogP contribution in [0.5, 0.6) is 0 Å². The van der Waals surface area contributed by atoms with E-state index in [1.807, 2.05) is 0 Å². The van der Waals surface area contributed by atoms with Crippen LogP contribution in [0.15, 0.2) is 13.6 Å². The Hall–Kier alpha value is -0.920. The first kappa shape index (κ1) is 16.1. The monoisotopic (exact) mass is 284 g/mol. The van der Waals surface area contributed by atoms with E-state index in [0.29, 0.717) is 18.1 Å². The molecule has 1 rings (SSSR count).